The molecule has 7 nitrogen and oxygen atoms in total. The van der Waals surface area contributed by atoms with Crippen molar-refractivity contribution in [1.29, 1.82) is 0 Å². The third kappa shape index (κ3) is 6.23. The number of anilines is 1. The van der Waals surface area contributed by atoms with Crippen LogP contribution in [0.2, 0.25) is 0 Å². The average molecular weight is 429 g/mol. The third-order valence-corrected chi connectivity index (χ3v) is 5.14. The Bertz CT molecular complexity index is 976. The first-order chi connectivity index (χ1) is 14.2. The lowest BCUT2D eigenvalue weighted by molar-refractivity contribution is -0.109. The molecule has 0 saturated heterocycles. The van der Waals surface area contributed by atoms with Gasteiger partial charge in [-0.2, -0.15) is 0 Å². The summed E-state index contributed by atoms with van der Waals surface area (Å²) in [6, 6.07) is 18.9. The van der Waals surface area contributed by atoms with Crippen LogP contribution in [0.5, 0.6) is 0 Å². The number of hydrazine groups is 1. The number of hydrogen-bond donors (Lipinski definition) is 2. The molecule has 1 aromatic heterocycles. The highest BCUT2D eigenvalue weighted by molar-refractivity contribution is 7.73. The van der Waals surface area contributed by atoms with Gasteiger partial charge in [0.2, 0.25) is 5.13 Å². The molecular weight excluding hydrogens is 408 g/mol. The number of aldehydes is 1. The van der Waals surface area contributed by atoms with Crippen LogP contribution in [-0.2, 0) is 16.1 Å². The number of nitrogens with one attached hydrogen (secondary N) is 2. The summed E-state index contributed by atoms with van der Waals surface area (Å²) in [4.78, 5) is 24.2. The molecule has 1 unspecified atom stereocenters. The van der Waals surface area contributed by atoms with Crippen molar-refractivity contribution >= 4 is 41.1 Å². The molecule has 0 aliphatic carbocycles. The Labute approximate surface area is 177 Å². The Balaban J connectivity index is 1.67. The lowest BCUT2D eigenvalue weighted by Crippen LogP contribution is -2.38. The molecule has 1 amide bonds. The maximum absolute atomic E-state index is 12.7. The summed E-state index contributed by atoms with van der Waals surface area (Å²) in [5, 5.41) is 8.43. The van der Waals surface area contributed by atoms with E-state index in [9.17, 15) is 9.59 Å². The molecule has 0 saturated carbocycles. The molecule has 0 aliphatic heterocycles. The molecule has 9 heteroatoms. The number of carbonyl (C=O) groups is 2. The molecular formula is C20H20N4O3S2. The van der Waals surface area contributed by atoms with Gasteiger partial charge >= 0.3 is 6.09 Å². The maximum Gasteiger partial charge on any atom is 0.428 e. The predicted molar refractivity (Wildman–Crippen MR) is 114 cm³/mol. The molecule has 0 radical (unpaired) electrons. The van der Waals surface area contributed by atoms with Gasteiger partial charge in [0.05, 0.1) is 0 Å². The number of ether oxygens (including phenoxy) is 1. The van der Waals surface area contributed by atoms with Crippen molar-refractivity contribution in [3.8, 4) is 0 Å². The van der Waals surface area contributed by atoms with Gasteiger partial charge in [-0.05, 0) is 29.8 Å². The van der Waals surface area contributed by atoms with Crippen molar-refractivity contribution in [2.45, 2.75) is 18.9 Å². The van der Waals surface area contributed by atoms with Crippen LogP contribution in [-0.4, -0.2) is 34.1 Å². The number of H-pyrrole nitrogens is 1. The molecule has 29 heavy (non-hydrogen) atoms. The van der Waals surface area contributed by atoms with E-state index in [0.29, 0.717) is 15.5 Å². The van der Waals surface area contributed by atoms with Crippen molar-refractivity contribution < 1.29 is 14.3 Å². The quantitative estimate of drug-likeness (QED) is 0.296. The largest absolute Gasteiger partial charge is 0.443 e. The molecule has 150 valence electrons. The van der Waals surface area contributed by atoms with Gasteiger partial charge in [0.1, 0.15) is 12.9 Å². The fourth-order valence-corrected chi connectivity index (χ4v) is 3.46. The molecule has 3 aromatic rings. The van der Waals surface area contributed by atoms with Gasteiger partial charge in [-0.15, -0.1) is 5.10 Å². The summed E-state index contributed by atoms with van der Waals surface area (Å²) in [6.07, 6.45) is 0.755. The fraction of sp³-hybridized carbons (Fsp3) is 0.200. The molecule has 0 fully saturated rings. The molecule has 3 rings (SSSR count). The van der Waals surface area contributed by atoms with Crippen LogP contribution in [0.4, 0.5) is 9.93 Å². The fourth-order valence-electron chi connectivity index (χ4n) is 2.66. The highest BCUT2D eigenvalue weighted by atomic mass is 32.1. The number of benzene rings is 2. The summed E-state index contributed by atoms with van der Waals surface area (Å²) in [5.74, 6) is -0.334. The minimum atomic E-state index is -0.562. The number of hydrogen-bond acceptors (Lipinski definition) is 7. The summed E-state index contributed by atoms with van der Waals surface area (Å²) < 4.78 is 5.90. The maximum atomic E-state index is 12.7. The van der Waals surface area contributed by atoms with Crippen LogP contribution in [0.25, 0.3) is 0 Å². The van der Waals surface area contributed by atoms with Crippen LogP contribution in [0, 0.1) is 3.95 Å². The number of amides is 1. The van der Waals surface area contributed by atoms with E-state index in [-0.39, 0.29) is 19.1 Å². The van der Waals surface area contributed by atoms with Gasteiger partial charge in [-0.3, -0.25) is 10.5 Å². The van der Waals surface area contributed by atoms with E-state index >= 15 is 0 Å². The Kier molecular flexibility index (Phi) is 7.48. The third-order valence-electron chi connectivity index (χ3n) is 4.15. The number of rotatable bonds is 9. The second-order valence-corrected chi connectivity index (χ2v) is 7.83. The first-order valence-electron chi connectivity index (χ1n) is 8.96. The van der Waals surface area contributed by atoms with Crippen molar-refractivity contribution in [1.82, 2.24) is 15.2 Å². The van der Waals surface area contributed by atoms with E-state index in [1.165, 1.54) is 16.3 Å². The van der Waals surface area contributed by atoms with Crippen LogP contribution in [0.15, 0.2) is 60.7 Å². The molecule has 2 aromatic carbocycles. The van der Waals surface area contributed by atoms with Gasteiger partial charge in [0.15, 0.2) is 3.95 Å². The molecule has 1 atom stereocenters. The highest BCUT2D eigenvalue weighted by Gasteiger charge is 2.20. The monoisotopic (exact) mass is 428 g/mol. The molecule has 1 heterocycles. The first-order valence-corrected chi connectivity index (χ1v) is 10.2. The molecule has 2 N–H and O–H groups in total. The molecule has 0 spiro atoms. The second-order valence-electron chi connectivity index (χ2n) is 6.16. The van der Waals surface area contributed by atoms with Crippen LogP contribution < -0.4 is 5.43 Å². The summed E-state index contributed by atoms with van der Waals surface area (Å²) >= 11 is 6.24. The number of nitrogens with zero attached hydrogens (tertiary/aromatic N) is 2. The Morgan fingerprint density at radius 3 is 2.52 bits per heavy atom. The summed E-state index contributed by atoms with van der Waals surface area (Å²) in [5.41, 5.74) is 4.70. The van der Waals surface area contributed by atoms with Crippen molar-refractivity contribution in [2.24, 2.45) is 0 Å². The number of aromatic amines is 1. The Hall–Kier alpha value is -3.04. The minimum absolute atomic E-state index is 0.143. The normalized spacial score (nSPS) is 11.4. The minimum Gasteiger partial charge on any atom is -0.443 e. The zero-order valence-corrected chi connectivity index (χ0v) is 17.1. The van der Waals surface area contributed by atoms with Gasteiger partial charge in [-0.25, -0.2) is 9.80 Å². The summed E-state index contributed by atoms with van der Waals surface area (Å²) in [6.45, 7) is 0.391. The van der Waals surface area contributed by atoms with E-state index in [1.807, 2.05) is 60.7 Å². The van der Waals surface area contributed by atoms with Gasteiger partial charge in [0, 0.05) is 12.5 Å². The smallest absolute Gasteiger partial charge is 0.428 e. The average Bonchev–Trinajstić information content (AvgIpc) is 3.17. The lowest BCUT2D eigenvalue weighted by atomic mass is 9.97. The zero-order valence-electron chi connectivity index (χ0n) is 15.5. The Morgan fingerprint density at radius 2 is 1.90 bits per heavy atom. The first kappa shape index (κ1) is 20.7. The summed E-state index contributed by atoms with van der Waals surface area (Å²) in [7, 11) is 0. The second kappa shape index (κ2) is 10.5. The van der Waals surface area contributed by atoms with E-state index in [4.69, 9.17) is 17.0 Å². The highest BCUT2D eigenvalue weighted by Crippen LogP contribution is 2.19. The van der Waals surface area contributed by atoms with E-state index in [0.717, 1.165) is 17.4 Å². The topological polar surface area (TPSA) is 87.3 Å². The van der Waals surface area contributed by atoms with Gasteiger partial charge in [0.25, 0.3) is 0 Å². The zero-order chi connectivity index (χ0) is 20.5. The lowest BCUT2D eigenvalue weighted by Gasteiger charge is -2.23. The standard InChI is InChI=1S/C20H20N4O3S2/c25-13-17(16-9-5-2-6-10-16)11-12-24(23-18-21-22-19(28)29-18)20(26)27-14-15-7-3-1-4-8-15/h1-10,13,17H,11-12,14H2,(H,21,23)(H,22,28). The van der Waals surface area contributed by atoms with Gasteiger partial charge < -0.3 is 9.53 Å². The van der Waals surface area contributed by atoms with Crippen LogP contribution >= 0.6 is 23.6 Å². The van der Waals surface area contributed by atoms with Crippen molar-refractivity contribution in [3.05, 3.63) is 75.7 Å². The number of carbonyl (C=O) groups excluding carboxylic acids is 2. The van der Waals surface area contributed by atoms with E-state index < -0.39 is 6.09 Å². The van der Waals surface area contributed by atoms with Crippen LogP contribution in [0.1, 0.15) is 23.5 Å². The van der Waals surface area contributed by atoms with Crippen molar-refractivity contribution in [3.63, 3.8) is 0 Å². The predicted octanol–water partition coefficient (Wildman–Crippen LogP) is 4.54. The van der Waals surface area contributed by atoms with Gasteiger partial charge in [-0.1, -0.05) is 72.0 Å². The van der Waals surface area contributed by atoms with Crippen LogP contribution in [0.3, 0.4) is 0 Å². The Morgan fingerprint density at radius 1 is 1.21 bits per heavy atom. The van der Waals surface area contributed by atoms with Crippen molar-refractivity contribution in [2.75, 3.05) is 12.0 Å². The SMILES string of the molecule is O=CC(CCN(Nc1n[nH]c(=S)s1)C(=O)OCc1ccccc1)c1ccccc1. The van der Waals surface area contributed by atoms with E-state index in [1.54, 1.807) is 0 Å². The molecule has 0 bridgehead atoms. The molecule has 0 aliphatic rings. The number of aromatic nitrogens is 2. The van der Waals surface area contributed by atoms with E-state index in [2.05, 4.69) is 15.6 Å².